The molecule has 3 aromatic carbocycles. The van der Waals surface area contributed by atoms with Crippen molar-refractivity contribution in [3.8, 4) is 5.75 Å². The molecular weight excluding hydrogens is 419 g/mol. The smallest absolute Gasteiger partial charge is 0.262 e. The maximum atomic E-state index is 13.6. The Labute approximate surface area is 181 Å². The number of anilines is 2. The van der Waals surface area contributed by atoms with Gasteiger partial charge in [0.05, 0.1) is 24.2 Å². The van der Waals surface area contributed by atoms with Crippen LogP contribution in [0.5, 0.6) is 5.75 Å². The lowest BCUT2D eigenvalue weighted by molar-refractivity contribution is -0.118. The summed E-state index contributed by atoms with van der Waals surface area (Å²) < 4.78 is 45.0. The van der Waals surface area contributed by atoms with Gasteiger partial charge in [0, 0.05) is 0 Å². The van der Waals surface area contributed by atoms with Gasteiger partial charge in [0.2, 0.25) is 10.0 Å². The first-order valence-corrected chi connectivity index (χ1v) is 11.4. The lowest BCUT2D eigenvalue weighted by Crippen LogP contribution is -2.29. The monoisotopic (exact) mass is 442 g/mol. The van der Waals surface area contributed by atoms with E-state index in [0.29, 0.717) is 11.4 Å². The van der Waals surface area contributed by atoms with Gasteiger partial charge in [0.25, 0.3) is 5.91 Å². The molecule has 162 valence electrons. The highest BCUT2D eigenvalue weighted by molar-refractivity contribution is 7.92. The van der Waals surface area contributed by atoms with Crippen molar-refractivity contribution >= 4 is 27.3 Å². The SMILES string of the molecule is Cc1ccc(CN(c2ccc(OCC(=O)Nc3ccccc3F)cc2)S(C)(=O)=O)cc1. The number of hydrogen-bond acceptors (Lipinski definition) is 4. The van der Waals surface area contributed by atoms with Gasteiger partial charge in [-0.15, -0.1) is 0 Å². The van der Waals surface area contributed by atoms with Gasteiger partial charge < -0.3 is 10.1 Å². The van der Waals surface area contributed by atoms with Crippen molar-refractivity contribution in [1.29, 1.82) is 0 Å². The molecule has 0 aliphatic carbocycles. The van der Waals surface area contributed by atoms with Crippen molar-refractivity contribution in [2.75, 3.05) is 22.5 Å². The standard InChI is InChI=1S/C23H23FN2O4S/c1-17-7-9-18(10-8-17)15-26(31(2,28)29)19-11-13-20(14-12-19)30-16-23(27)25-22-6-4-3-5-21(22)24/h3-14H,15-16H2,1-2H3,(H,25,27). The summed E-state index contributed by atoms with van der Waals surface area (Å²) in [6.07, 6.45) is 1.15. The van der Waals surface area contributed by atoms with E-state index in [9.17, 15) is 17.6 Å². The fourth-order valence-electron chi connectivity index (χ4n) is 2.87. The Kier molecular flexibility index (Phi) is 6.91. The van der Waals surface area contributed by atoms with Crippen molar-refractivity contribution in [2.24, 2.45) is 0 Å². The minimum absolute atomic E-state index is 0.0753. The Morgan fingerprint density at radius 3 is 2.26 bits per heavy atom. The van der Waals surface area contributed by atoms with Crippen LogP contribution in [0.15, 0.2) is 72.8 Å². The highest BCUT2D eigenvalue weighted by Crippen LogP contribution is 2.24. The lowest BCUT2D eigenvalue weighted by Gasteiger charge is -2.23. The number of nitrogens with zero attached hydrogens (tertiary/aromatic N) is 1. The summed E-state index contributed by atoms with van der Waals surface area (Å²) in [5, 5.41) is 2.43. The first kappa shape index (κ1) is 22.3. The number of carbonyl (C=O) groups excluding carboxylic acids is 1. The highest BCUT2D eigenvalue weighted by Gasteiger charge is 2.18. The Bertz CT molecular complexity index is 1150. The number of halogens is 1. The van der Waals surface area contributed by atoms with E-state index in [1.165, 1.54) is 22.5 Å². The zero-order valence-electron chi connectivity index (χ0n) is 17.2. The molecule has 1 N–H and O–H groups in total. The molecule has 0 spiro atoms. The largest absolute Gasteiger partial charge is 0.484 e. The van der Waals surface area contributed by atoms with Crippen LogP contribution in [-0.4, -0.2) is 27.2 Å². The van der Waals surface area contributed by atoms with Crippen LogP contribution in [0.25, 0.3) is 0 Å². The van der Waals surface area contributed by atoms with Crippen LogP contribution in [0, 0.1) is 12.7 Å². The number of ether oxygens (including phenoxy) is 1. The fraction of sp³-hybridized carbons (Fsp3) is 0.174. The zero-order valence-corrected chi connectivity index (χ0v) is 18.0. The molecule has 0 fully saturated rings. The first-order chi connectivity index (χ1) is 14.7. The molecule has 0 radical (unpaired) electrons. The second kappa shape index (κ2) is 9.61. The molecular formula is C23H23FN2O4S. The minimum Gasteiger partial charge on any atom is -0.484 e. The number of amides is 1. The van der Waals surface area contributed by atoms with E-state index >= 15 is 0 Å². The van der Waals surface area contributed by atoms with Crippen molar-refractivity contribution in [1.82, 2.24) is 0 Å². The Hall–Kier alpha value is -3.39. The first-order valence-electron chi connectivity index (χ1n) is 9.53. The van der Waals surface area contributed by atoms with Gasteiger partial charge >= 0.3 is 0 Å². The predicted molar refractivity (Wildman–Crippen MR) is 119 cm³/mol. The highest BCUT2D eigenvalue weighted by atomic mass is 32.2. The summed E-state index contributed by atoms with van der Waals surface area (Å²) in [6.45, 7) is 1.85. The number of carbonyl (C=O) groups is 1. The minimum atomic E-state index is -3.51. The average molecular weight is 443 g/mol. The molecule has 3 rings (SSSR count). The molecule has 0 aliphatic heterocycles. The topological polar surface area (TPSA) is 75.7 Å². The van der Waals surface area contributed by atoms with E-state index in [1.54, 1.807) is 30.3 Å². The van der Waals surface area contributed by atoms with Gasteiger partial charge in [-0.25, -0.2) is 12.8 Å². The third-order valence-electron chi connectivity index (χ3n) is 4.49. The van der Waals surface area contributed by atoms with Gasteiger partial charge in [0.15, 0.2) is 6.61 Å². The summed E-state index contributed by atoms with van der Waals surface area (Å²) in [4.78, 5) is 12.0. The molecule has 8 heteroatoms. The Morgan fingerprint density at radius 1 is 1.00 bits per heavy atom. The molecule has 0 bridgehead atoms. The molecule has 1 amide bonds. The van der Waals surface area contributed by atoms with E-state index in [1.807, 2.05) is 31.2 Å². The van der Waals surface area contributed by atoms with Crippen LogP contribution in [0.2, 0.25) is 0 Å². The molecule has 0 heterocycles. The van der Waals surface area contributed by atoms with Gasteiger partial charge in [-0.3, -0.25) is 9.10 Å². The fourth-order valence-corrected chi connectivity index (χ4v) is 3.75. The number of sulfonamides is 1. The van der Waals surface area contributed by atoms with Crippen LogP contribution in [0.3, 0.4) is 0 Å². The lowest BCUT2D eigenvalue weighted by atomic mass is 10.1. The van der Waals surface area contributed by atoms with Crippen molar-refractivity contribution in [3.63, 3.8) is 0 Å². The summed E-state index contributed by atoms with van der Waals surface area (Å²) in [6, 6.07) is 19.9. The predicted octanol–water partition coefficient (Wildman–Crippen LogP) is 4.12. The van der Waals surface area contributed by atoms with E-state index in [-0.39, 0.29) is 18.8 Å². The van der Waals surface area contributed by atoms with E-state index in [0.717, 1.165) is 17.4 Å². The van der Waals surface area contributed by atoms with Crippen LogP contribution in [0.1, 0.15) is 11.1 Å². The third kappa shape index (κ3) is 6.29. The van der Waals surface area contributed by atoms with E-state index in [4.69, 9.17) is 4.74 Å². The van der Waals surface area contributed by atoms with Crippen LogP contribution in [0.4, 0.5) is 15.8 Å². The number of rotatable bonds is 8. The maximum absolute atomic E-state index is 13.6. The third-order valence-corrected chi connectivity index (χ3v) is 5.63. The van der Waals surface area contributed by atoms with Crippen LogP contribution < -0.4 is 14.4 Å². The number of aryl methyl sites for hydroxylation is 1. The van der Waals surface area contributed by atoms with Crippen LogP contribution in [-0.2, 0) is 21.4 Å². The van der Waals surface area contributed by atoms with Gasteiger partial charge in [0.1, 0.15) is 11.6 Å². The number of hydrogen-bond donors (Lipinski definition) is 1. The molecule has 0 saturated carbocycles. The van der Waals surface area contributed by atoms with Crippen LogP contribution >= 0.6 is 0 Å². The maximum Gasteiger partial charge on any atom is 0.262 e. The second-order valence-electron chi connectivity index (χ2n) is 7.07. The molecule has 31 heavy (non-hydrogen) atoms. The van der Waals surface area contributed by atoms with E-state index in [2.05, 4.69) is 5.32 Å². The van der Waals surface area contributed by atoms with Gasteiger partial charge in [-0.2, -0.15) is 0 Å². The Balaban J connectivity index is 1.65. The van der Waals surface area contributed by atoms with E-state index < -0.39 is 21.7 Å². The molecule has 3 aromatic rings. The van der Waals surface area contributed by atoms with Crippen molar-refractivity contribution in [3.05, 3.63) is 89.7 Å². The normalized spacial score (nSPS) is 11.1. The van der Waals surface area contributed by atoms with Gasteiger partial charge in [-0.1, -0.05) is 42.0 Å². The van der Waals surface area contributed by atoms with Gasteiger partial charge in [-0.05, 0) is 48.9 Å². The Morgan fingerprint density at radius 2 is 1.65 bits per heavy atom. The zero-order chi connectivity index (χ0) is 22.4. The number of para-hydroxylation sites is 1. The number of benzene rings is 3. The molecule has 0 aliphatic rings. The molecule has 0 saturated heterocycles. The van der Waals surface area contributed by atoms with Crippen molar-refractivity contribution < 1.29 is 22.3 Å². The summed E-state index contributed by atoms with van der Waals surface area (Å²) in [5.74, 6) is -0.655. The quantitative estimate of drug-likeness (QED) is 0.570. The molecule has 0 unspecified atom stereocenters. The molecule has 6 nitrogen and oxygen atoms in total. The second-order valence-corrected chi connectivity index (χ2v) is 8.97. The number of nitrogens with one attached hydrogen (secondary N) is 1. The van der Waals surface area contributed by atoms with Crippen molar-refractivity contribution in [2.45, 2.75) is 13.5 Å². The molecule has 0 atom stereocenters. The average Bonchev–Trinajstić information content (AvgIpc) is 2.73. The summed E-state index contributed by atoms with van der Waals surface area (Å²) in [7, 11) is -3.51. The summed E-state index contributed by atoms with van der Waals surface area (Å²) >= 11 is 0. The summed E-state index contributed by atoms with van der Waals surface area (Å²) in [5.41, 5.74) is 2.51. The molecule has 0 aromatic heterocycles.